The average Bonchev–Trinajstić information content (AvgIpc) is 2.36. The van der Waals surface area contributed by atoms with Crippen molar-refractivity contribution in [2.75, 3.05) is 5.32 Å². The van der Waals surface area contributed by atoms with Crippen molar-refractivity contribution in [2.45, 2.75) is 25.9 Å². The number of hydrogen-bond acceptors (Lipinski definition) is 2. The zero-order valence-corrected chi connectivity index (χ0v) is 11.5. The number of hydrazine groups is 1. The number of hydrogen-bond donors (Lipinski definition) is 3. The number of benzene rings is 1. The first-order valence-corrected chi connectivity index (χ1v) is 6.27. The molecule has 0 heterocycles. The Hall–Kier alpha value is -1.83. The highest BCUT2D eigenvalue weighted by Crippen LogP contribution is 2.30. The first-order chi connectivity index (χ1) is 9.32. The van der Waals surface area contributed by atoms with Crippen LogP contribution in [-0.4, -0.2) is 11.0 Å². The quantitative estimate of drug-likeness (QED) is 0.594. The standard InChI is InChI=1S/C12H14F3N3OS/c1-2-4-10(19)17-18-11(20)16-9-6-3-5-8(7-9)12(13,14)15/h3,5-7H,2,4H2,1H3,(H,17,19)(H2,16,18,20). The molecule has 0 aliphatic carbocycles. The molecule has 0 aliphatic rings. The van der Waals surface area contributed by atoms with Crippen molar-refractivity contribution in [3.8, 4) is 0 Å². The highest BCUT2D eigenvalue weighted by Gasteiger charge is 2.30. The Labute approximate surface area is 119 Å². The average molecular weight is 305 g/mol. The molecule has 1 aromatic carbocycles. The summed E-state index contributed by atoms with van der Waals surface area (Å²) in [5, 5.41) is 2.57. The molecule has 0 saturated heterocycles. The Morgan fingerprint density at radius 2 is 2.00 bits per heavy atom. The van der Waals surface area contributed by atoms with Crippen molar-refractivity contribution >= 4 is 28.9 Å². The van der Waals surface area contributed by atoms with Crippen molar-refractivity contribution in [1.82, 2.24) is 10.9 Å². The van der Waals surface area contributed by atoms with E-state index in [9.17, 15) is 18.0 Å². The normalized spacial score (nSPS) is 10.8. The molecule has 8 heteroatoms. The van der Waals surface area contributed by atoms with E-state index in [1.807, 2.05) is 6.92 Å². The molecule has 0 unspecified atom stereocenters. The van der Waals surface area contributed by atoms with Gasteiger partial charge in [-0.3, -0.25) is 15.6 Å². The minimum absolute atomic E-state index is 0.00813. The third-order valence-electron chi connectivity index (χ3n) is 2.24. The molecule has 0 saturated carbocycles. The molecule has 4 nitrogen and oxygen atoms in total. The van der Waals surface area contributed by atoms with Gasteiger partial charge in [-0.15, -0.1) is 0 Å². The first-order valence-electron chi connectivity index (χ1n) is 5.86. The van der Waals surface area contributed by atoms with E-state index >= 15 is 0 Å². The number of rotatable bonds is 3. The summed E-state index contributed by atoms with van der Waals surface area (Å²) in [6.45, 7) is 1.85. The number of carbonyl (C=O) groups excluding carboxylic acids is 1. The van der Waals surface area contributed by atoms with Crippen LogP contribution in [0.4, 0.5) is 18.9 Å². The van der Waals surface area contributed by atoms with Gasteiger partial charge in [0, 0.05) is 12.1 Å². The van der Waals surface area contributed by atoms with Crippen LogP contribution in [0.15, 0.2) is 24.3 Å². The lowest BCUT2D eigenvalue weighted by atomic mass is 10.2. The van der Waals surface area contributed by atoms with E-state index in [0.717, 1.165) is 12.1 Å². The number of nitrogens with one attached hydrogen (secondary N) is 3. The Morgan fingerprint density at radius 3 is 2.60 bits per heavy atom. The first kappa shape index (κ1) is 16.2. The van der Waals surface area contributed by atoms with Crippen molar-refractivity contribution in [2.24, 2.45) is 0 Å². The molecule has 1 aromatic rings. The van der Waals surface area contributed by atoms with Crippen LogP contribution in [0.1, 0.15) is 25.3 Å². The Balaban J connectivity index is 2.56. The summed E-state index contributed by atoms with van der Waals surface area (Å²) < 4.78 is 37.5. The third kappa shape index (κ3) is 5.43. The fourth-order valence-corrected chi connectivity index (χ4v) is 1.52. The van der Waals surface area contributed by atoms with Gasteiger partial charge in [0.2, 0.25) is 5.91 Å². The minimum atomic E-state index is -4.41. The van der Waals surface area contributed by atoms with Gasteiger partial charge in [-0.1, -0.05) is 13.0 Å². The molecule has 0 bridgehead atoms. The number of alkyl halides is 3. The molecular formula is C12H14F3N3OS. The largest absolute Gasteiger partial charge is 0.416 e. The van der Waals surface area contributed by atoms with Crippen LogP contribution in [0.5, 0.6) is 0 Å². The molecule has 110 valence electrons. The monoisotopic (exact) mass is 305 g/mol. The van der Waals surface area contributed by atoms with Gasteiger partial charge in [-0.05, 0) is 36.8 Å². The van der Waals surface area contributed by atoms with Crippen molar-refractivity contribution < 1.29 is 18.0 Å². The summed E-state index contributed by atoms with van der Waals surface area (Å²) in [5.41, 5.74) is 4.15. The third-order valence-corrected chi connectivity index (χ3v) is 2.44. The second-order valence-corrected chi connectivity index (χ2v) is 4.36. The number of thiocarbonyl (C=S) groups is 1. The van der Waals surface area contributed by atoms with Gasteiger partial charge in [0.05, 0.1) is 5.56 Å². The van der Waals surface area contributed by atoms with Gasteiger partial charge in [-0.25, -0.2) is 0 Å². The van der Waals surface area contributed by atoms with E-state index in [2.05, 4.69) is 16.2 Å². The van der Waals surface area contributed by atoms with Crippen LogP contribution >= 0.6 is 12.2 Å². The lowest BCUT2D eigenvalue weighted by Gasteiger charge is -2.13. The van der Waals surface area contributed by atoms with Crippen LogP contribution < -0.4 is 16.2 Å². The summed E-state index contributed by atoms with van der Waals surface area (Å²) in [4.78, 5) is 11.2. The van der Waals surface area contributed by atoms with Gasteiger partial charge < -0.3 is 5.32 Å². The van der Waals surface area contributed by atoms with E-state index < -0.39 is 11.7 Å². The van der Waals surface area contributed by atoms with Gasteiger partial charge >= 0.3 is 6.18 Å². The molecule has 1 amide bonds. The van der Waals surface area contributed by atoms with E-state index in [1.165, 1.54) is 12.1 Å². The summed E-state index contributed by atoms with van der Waals surface area (Å²) in [7, 11) is 0. The van der Waals surface area contributed by atoms with Crippen LogP contribution in [-0.2, 0) is 11.0 Å². The molecule has 0 aliphatic heterocycles. The van der Waals surface area contributed by atoms with E-state index in [1.54, 1.807) is 0 Å². The smallest absolute Gasteiger partial charge is 0.331 e. The number of halogens is 3. The highest BCUT2D eigenvalue weighted by atomic mass is 32.1. The van der Waals surface area contributed by atoms with E-state index in [-0.39, 0.29) is 16.7 Å². The van der Waals surface area contributed by atoms with E-state index in [4.69, 9.17) is 12.2 Å². The van der Waals surface area contributed by atoms with Crippen LogP contribution in [0.25, 0.3) is 0 Å². The fraction of sp³-hybridized carbons (Fsp3) is 0.333. The Bertz CT molecular complexity index is 491. The van der Waals surface area contributed by atoms with Gasteiger partial charge in [0.15, 0.2) is 5.11 Å². The molecule has 0 atom stereocenters. The summed E-state index contributed by atoms with van der Waals surface area (Å²) in [5.74, 6) is -0.249. The second-order valence-electron chi connectivity index (χ2n) is 3.96. The molecule has 20 heavy (non-hydrogen) atoms. The maximum absolute atomic E-state index is 12.5. The fourth-order valence-electron chi connectivity index (χ4n) is 1.35. The van der Waals surface area contributed by atoms with Crippen molar-refractivity contribution in [1.29, 1.82) is 0 Å². The molecule has 3 N–H and O–H groups in total. The highest BCUT2D eigenvalue weighted by molar-refractivity contribution is 7.80. The van der Waals surface area contributed by atoms with Gasteiger partial charge in [-0.2, -0.15) is 13.2 Å². The topological polar surface area (TPSA) is 53.2 Å². The Morgan fingerprint density at radius 1 is 1.30 bits per heavy atom. The van der Waals surface area contributed by atoms with E-state index in [0.29, 0.717) is 12.8 Å². The molecule has 1 rings (SSSR count). The molecule has 0 aromatic heterocycles. The predicted octanol–water partition coefficient (Wildman–Crippen LogP) is 2.82. The molecule has 0 spiro atoms. The van der Waals surface area contributed by atoms with Gasteiger partial charge in [0.25, 0.3) is 0 Å². The molecular weight excluding hydrogens is 291 g/mol. The van der Waals surface area contributed by atoms with Crippen LogP contribution in [0.3, 0.4) is 0 Å². The summed E-state index contributed by atoms with van der Waals surface area (Å²) in [6.07, 6.45) is -3.40. The lowest BCUT2D eigenvalue weighted by molar-refractivity contribution is -0.137. The Kier molecular flexibility index (Phi) is 5.75. The van der Waals surface area contributed by atoms with Crippen molar-refractivity contribution in [3.05, 3.63) is 29.8 Å². The molecule has 0 radical (unpaired) electrons. The van der Waals surface area contributed by atoms with Crippen LogP contribution in [0, 0.1) is 0 Å². The second kappa shape index (κ2) is 7.09. The maximum Gasteiger partial charge on any atom is 0.416 e. The predicted molar refractivity (Wildman–Crippen MR) is 73.9 cm³/mol. The number of amides is 1. The molecule has 0 fully saturated rings. The van der Waals surface area contributed by atoms with Gasteiger partial charge in [0.1, 0.15) is 0 Å². The van der Waals surface area contributed by atoms with Crippen molar-refractivity contribution in [3.63, 3.8) is 0 Å². The summed E-state index contributed by atoms with van der Waals surface area (Å²) in [6, 6.07) is 4.60. The number of carbonyl (C=O) groups is 1. The number of anilines is 1. The maximum atomic E-state index is 12.5. The zero-order chi connectivity index (χ0) is 15.2. The zero-order valence-electron chi connectivity index (χ0n) is 10.7. The van der Waals surface area contributed by atoms with Crippen LogP contribution in [0.2, 0.25) is 0 Å². The lowest BCUT2D eigenvalue weighted by Crippen LogP contribution is -2.43. The minimum Gasteiger partial charge on any atom is -0.331 e. The SMILES string of the molecule is CCCC(=O)NNC(=S)Nc1cccc(C(F)(F)F)c1. The summed E-state index contributed by atoms with van der Waals surface area (Å²) >= 11 is 4.86.